The highest BCUT2D eigenvalue weighted by Gasteiger charge is 2.27. The molecule has 0 aliphatic carbocycles. The lowest BCUT2D eigenvalue weighted by Gasteiger charge is -2.30. The van der Waals surface area contributed by atoms with E-state index < -0.39 is 0 Å². The van der Waals surface area contributed by atoms with E-state index in [4.69, 9.17) is 16.1 Å². The van der Waals surface area contributed by atoms with Gasteiger partial charge < -0.3 is 9.42 Å². The topological polar surface area (TPSA) is 59.2 Å². The van der Waals surface area contributed by atoms with E-state index in [0.717, 1.165) is 36.4 Å². The van der Waals surface area contributed by atoms with E-state index in [0.29, 0.717) is 23.2 Å². The molecule has 1 amide bonds. The van der Waals surface area contributed by atoms with Gasteiger partial charge in [-0.25, -0.2) is 0 Å². The average molecular weight is 388 g/mol. The molecular weight excluding hydrogens is 370 g/mol. The molecule has 0 atom stereocenters. The number of nitrogens with zero attached hydrogens (tertiary/aromatic N) is 3. The molecule has 1 aliphatic heterocycles. The molecule has 0 N–H and O–H groups in total. The van der Waals surface area contributed by atoms with E-state index in [2.05, 4.69) is 10.1 Å². The van der Waals surface area contributed by atoms with Gasteiger partial charge in [0.25, 0.3) is 0 Å². The van der Waals surface area contributed by atoms with E-state index in [9.17, 15) is 4.79 Å². The van der Waals surface area contributed by atoms with Gasteiger partial charge in [-0.2, -0.15) is 4.98 Å². The van der Waals surface area contributed by atoms with Gasteiger partial charge >= 0.3 is 0 Å². The van der Waals surface area contributed by atoms with Crippen LogP contribution in [0.25, 0.3) is 11.4 Å². The van der Waals surface area contributed by atoms with Gasteiger partial charge in [0.1, 0.15) is 0 Å². The van der Waals surface area contributed by atoms with E-state index >= 15 is 0 Å². The number of rotatable bonds is 4. The number of benzene rings is 1. The van der Waals surface area contributed by atoms with Gasteiger partial charge in [0.2, 0.25) is 17.6 Å². The van der Waals surface area contributed by atoms with Crippen molar-refractivity contribution >= 4 is 28.8 Å². The quantitative estimate of drug-likeness (QED) is 0.665. The molecule has 0 radical (unpaired) electrons. The Morgan fingerprint density at radius 3 is 2.69 bits per heavy atom. The number of piperidine rings is 1. The van der Waals surface area contributed by atoms with Gasteiger partial charge in [-0.3, -0.25) is 4.79 Å². The van der Waals surface area contributed by atoms with E-state index in [1.807, 2.05) is 46.7 Å². The van der Waals surface area contributed by atoms with Crippen LogP contribution >= 0.6 is 22.9 Å². The second kappa shape index (κ2) is 7.60. The fourth-order valence-corrected chi connectivity index (χ4v) is 3.99. The maximum atomic E-state index is 12.4. The second-order valence-corrected chi connectivity index (χ2v) is 7.84. The zero-order valence-electron chi connectivity index (χ0n) is 14.1. The summed E-state index contributed by atoms with van der Waals surface area (Å²) >= 11 is 7.54. The molecular formula is C19H18ClN3O2S. The molecule has 2 aromatic heterocycles. The predicted molar refractivity (Wildman–Crippen MR) is 101 cm³/mol. The highest BCUT2D eigenvalue weighted by Crippen LogP contribution is 2.29. The molecule has 1 saturated heterocycles. The third kappa shape index (κ3) is 3.81. The Bertz CT molecular complexity index is 869. The van der Waals surface area contributed by atoms with Crippen molar-refractivity contribution in [2.45, 2.75) is 25.2 Å². The summed E-state index contributed by atoms with van der Waals surface area (Å²) < 4.78 is 5.47. The summed E-state index contributed by atoms with van der Waals surface area (Å²) in [6.07, 6.45) is 2.18. The molecule has 134 valence electrons. The molecule has 5 nitrogen and oxygen atoms in total. The first kappa shape index (κ1) is 17.2. The number of carbonyl (C=O) groups excluding carboxylic acids is 1. The third-order valence-corrected chi connectivity index (χ3v) is 5.77. The van der Waals surface area contributed by atoms with Crippen LogP contribution in [0.1, 0.15) is 29.5 Å². The minimum Gasteiger partial charge on any atom is -0.342 e. The van der Waals surface area contributed by atoms with Gasteiger partial charge in [-0.05, 0) is 48.6 Å². The van der Waals surface area contributed by atoms with Crippen LogP contribution in [0.15, 0.2) is 46.3 Å². The molecule has 0 unspecified atom stereocenters. The van der Waals surface area contributed by atoms with Crippen LogP contribution in [0, 0.1) is 0 Å². The van der Waals surface area contributed by atoms with Crippen LogP contribution in [0.2, 0.25) is 5.02 Å². The first-order valence-electron chi connectivity index (χ1n) is 8.59. The lowest BCUT2D eigenvalue weighted by atomic mass is 9.96. The van der Waals surface area contributed by atoms with Gasteiger partial charge in [0, 0.05) is 34.5 Å². The summed E-state index contributed by atoms with van der Waals surface area (Å²) in [6.45, 7) is 1.46. The van der Waals surface area contributed by atoms with Gasteiger partial charge in [-0.15, -0.1) is 11.3 Å². The van der Waals surface area contributed by atoms with E-state index in [-0.39, 0.29) is 11.8 Å². The minimum absolute atomic E-state index is 0.193. The standard InChI is InChI=1S/C19H18ClN3O2S/c20-15-5-3-13(4-6-15)18-21-19(25-22-18)14-7-9-23(10-8-14)17(24)12-16-2-1-11-26-16/h1-6,11,14H,7-10,12H2. The number of likely N-dealkylation sites (tertiary alicyclic amines) is 1. The Balaban J connectivity index is 1.36. The number of thiophene rings is 1. The molecule has 7 heteroatoms. The lowest BCUT2D eigenvalue weighted by molar-refractivity contribution is -0.131. The van der Waals surface area contributed by atoms with Crippen molar-refractivity contribution in [3.63, 3.8) is 0 Å². The number of amides is 1. The van der Waals surface area contributed by atoms with Gasteiger partial charge in [0.05, 0.1) is 6.42 Å². The highest BCUT2D eigenvalue weighted by atomic mass is 35.5. The SMILES string of the molecule is O=C(Cc1cccs1)N1CCC(c2nc(-c3ccc(Cl)cc3)no2)CC1. The Kier molecular flexibility index (Phi) is 5.04. The van der Waals surface area contributed by atoms with Crippen LogP contribution in [0.3, 0.4) is 0 Å². The van der Waals surface area contributed by atoms with Crippen molar-refractivity contribution in [2.24, 2.45) is 0 Å². The summed E-state index contributed by atoms with van der Waals surface area (Å²) in [4.78, 5) is 20.0. The predicted octanol–water partition coefficient (Wildman–Crippen LogP) is 4.40. The van der Waals surface area contributed by atoms with Crippen molar-refractivity contribution in [2.75, 3.05) is 13.1 Å². The fourth-order valence-electron chi connectivity index (χ4n) is 3.17. The first-order chi connectivity index (χ1) is 12.7. The Hall–Kier alpha value is -2.18. The smallest absolute Gasteiger partial charge is 0.230 e. The molecule has 1 aromatic carbocycles. The van der Waals surface area contributed by atoms with Crippen LogP contribution in [0.5, 0.6) is 0 Å². The summed E-state index contributed by atoms with van der Waals surface area (Å²) in [6, 6.07) is 11.4. The second-order valence-electron chi connectivity index (χ2n) is 6.37. The molecule has 3 aromatic rings. The van der Waals surface area contributed by atoms with E-state index in [1.165, 1.54) is 0 Å². The maximum absolute atomic E-state index is 12.4. The van der Waals surface area contributed by atoms with Crippen LogP contribution < -0.4 is 0 Å². The van der Waals surface area contributed by atoms with Crippen molar-refractivity contribution < 1.29 is 9.32 Å². The number of hydrogen-bond donors (Lipinski definition) is 0. The Morgan fingerprint density at radius 2 is 2.00 bits per heavy atom. The number of halogens is 1. The summed E-state index contributed by atoms with van der Waals surface area (Å²) in [5.74, 6) is 1.63. The fraction of sp³-hybridized carbons (Fsp3) is 0.316. The normalized spacial score (nSPS) is 15.3. The molecule has 26 heavy (non-hydrogen) atoms. The molecule has 0 bridgehead atoms. The number of aromatic nitrogens is 2. The molecule has 1 aliphatic rings. The Labute approximate surface area is 160 Å². The van der Waals surface area contributed by atoms with Gasteiger partial charge in [0.15, 0.2) is 0 Å². The molecule has 0 spiro atoms. The van der Waals surface area contributed by atoms with Crippen molar-refractivity contribution in [1.29, 1.82) is 0 Å². The molecule has 3 heterocycles. The van der Waals surface area contributed by atoms with E-state index in [1.54, 1.807) is 11.3 Å². The zero-order chi connectivity index (χ0) is 17.9. The van der Waals surface area contributed by atoms with Crippen molar-refractivity contribution in [3.05, 3.63) is 57.6 Å². The third-order valence-electron chi connectivity index (χ3n) is 4.65. The summed E-state index contributed by atoms with van der Waals surface area (Å²) in [5, 5.41) is 6.77. The number of carbonyl (C=O) groups is 1. The summed E-state index contributed by atoms with van der Waals surface area (Å²) in [5.41, 5.74) is 0.882. The molecule has 0 saturated carbocycles. The minimum atomic E-state index is 0.193. The largest absolute Gasteiger partial charge is 0.342 e. The first-order valence-corrected chi connectivity index (χ1v) is 9.84. The van der Waals surface area contributed by atoms with Gasteiger partial charge in [-0.1, -0.05) is 22.8 Å². The van der Waals surface area contributed by atoms with Crippen LogP contribution in [0.4, 0.5) is 0 Å². The van der Waals surface area contributed by atoms with Crippen LogP contribution in [-0.4, -0.2) is 34.0 Å². The monoisotopic (exact) mass is 387 g/mol. The van der Waals surface area contributed by atoms with Crippen molar-refractivity contribution in [3.8, 4) is 11.4 Å². The average Bonchev–Trinajstić information content (AvgIpc) is 3.34. The zero-order valence-corrected chi connectivity index (χ0v) is 15.7. The van der Waals surface area contributed by atoms with Crippen LogP contribution in [-0.2, 0) is 11.2 Å². The highest BCUT2D eigenvalue weighted by molar-refractivity contribution is 7.10. The molecule has 4 rings (SSSR count). The van der Waals surface area contributed by atoms with Crippen molar-refractivity contribution in [1.82, 2.24) is 15.0 Å². The lowest BCUT2D eigenvalue weighted by Crippen LogP contribution is -2.38. The molecule has 1 fully saturated rings. The summed E-state index contributed by atoms with van der Waals surface area (Å²) in [7, 11) is 0. The maximum Gasteiger partial charge on any atom is 0.230 e. The Morgan fingerprint density at radius 1 is 1.23 bits per heavy atom. The number of hydrogen-bond acceptors (Lipinski definition) is 5.